The molecule has 7 heteroatoms. The van der Waals surface area contributed by atoms with E-state index in [1.807, 2.05) is 30.5 Å². The van der Waals surface area contributed by atoms with E-state index in [0.29, 0.717) is 22.8 Å². The van der Waals surface area contributed by atoms with Crippen molar-refractivity contribution in [2.24, 2.45) is 5.10 Å². The Morgan fingerprint density at radius 2 is 1.64 bits per heavy atom. The van der Waals surface area contributed by atoms with Gasteiger partial charge in [0.2, 0.25) is 5.75 Å². The Hall–Kier alpha value is -2.67. The summed E-state index contributed by atoms with van der Waals surface area (Å²) in [6, 6.07) is 11.0. The standard InChI is InChI=1S/C18H20N2O4S/c1-22-15-9-13(10-16(23-2)17(15)24-3)18(21)20-19-11-12-5-7-14(25-4)8-6-12/h5-11H,1-4H3,(H,20,21)/b19-11-. The van der Waals surface area contributed by atoms with Crippen LogP contribution in [0.4, 0.5) is 0 Å². The van der Waals surface area contributed by atoms with Gasteiger partial charge in [0.1, 0.15) is 0 Å². The zero-order valence-corrected chi connectivity index (χ0v) is 15.3. The fourth-order valence-electron chi connectivity index (χ4n) is 2.13. The summed E-state index contributed by atoms with van der Waals surface area (Å²) in [6.45, 7) is 0. The topological polar surface area (TPSA) is 69.2 Å². The molecule has 0 aliphatic heterocycles. The highest BCUT2D eigenvalue weighted by molar-refractivity contribution is 7.98. The van der Waals surface area contributed by atoms with Crippen molar-refractivity contribution in [1.82, 2.24) is 5.43 Å². The Kier molecular flexibility index (Phi) is 6.71. The number of carbonyl (C=O) groups is 1. The van der Waals surface area contributed by atoms with E-state index in [4.69, 9.17) is 14.2 Å². The van der Waals surface area contributed by atoms with E-state index in [-0.39, 0.29) is 5.91 Å². The third-order valence-electron chi connectivity index (χ3n) is 3.42. The number of hydrogen-bond acceptors (Lipinski definition) is 6. The van der Waals surface area contributed by atoms with E-state index < -0.39 is 0 Å². The molecule has 0 aromatic heterocycles. The molecule has 2 aromatic carbocycles. The van der Waals surface area contributed by atoms with Crippen molar-refractivity contribution in [1.29, 1.82) is 0 Å². The van der Waals surface area contributed by atoms with E-state index in [0.717, 1.165) is 5.56 Å². The molecule has 0 unspecified atom stereocenters. The predicted octanol–water partition coefficient (Wildman–Crippen LogP) is 3.20. The minimum Gasteiger partial charge on any atom is -0.493 e. The maximum Gasteiger partial charge on any atom is 0.271 e. The molecule has 6 nitrogen and oxygen atoms in total. The van der Waals surface area contributed by atoms with Crippen LogP contribution in [-0.4, -0.2) is 39.7 Å². The van der Waals surface area contributed by atoms with Crippen LogP contribution in [0.3, 0.4) is 0 Å². The van der Waals surface area contributed by atoms with Gasteiger partial charge in [0.15, 0.2) is 11.5 Å². The van der Waals surface area contributed by atoms with Crippen LogP contribution >= 0.6 is 11.8 Å². The molecular weight excluding hydrogens is 340 g/mol. The van der Waals surface area contributed by atoms with Gasteiger partial charge in [0.25, 0.3) is 5.91 Å². The first-order valence-corrected chi connectivity index (χ1v) is 8.62. The molecular formula is C18H20N2O4S. The largest absolute Gasteiger partial charge is 0.493 e. The van der Waals surface area contributed by atoms with Gasteiger partial charge < -0.3 is 14.2 Å². The summed E-state index contributed by atoms with van der Waals surface area (Å²) < 4.78 is 15.7. The van der Waals surface area contributed by atoms with E-state index in [1.54, 1.807) is 30.1 Å². The summed E-state index contributed by atoms with van der Waals surface area (Å²) in [5.74, 6) is 0.863. The number of carbonyl (C=O) groups excluding carboxylic acids is 1. The lowest BCUT2D eigenvalue weighted by Crippen LogP contribution is -2.18. The van der Waals surface area contributed by atoms with Crippen molar-refractivity contribution in [3.63, 3.8) is 0 Å². The highest BCUT2D eigenvalue weighted by Crippen LogP contribution is 2.38. The Bertz CT molecular complexity index is 735. The highest BCUT2D eigenvalue weighted by Gasteiger charge is 2.16. The molecule has 1 N–H and O–H groups in total. The van der Waals surface area contributed by atoms with Crippen molar-refractivity contribution in [2.75, 3.05) is 27.6 Å². The first-order valence-electron chi connectivity index (χ1n) is 7.40. The van der Waals surface area contributed by atoms with Crippen molar-refractivity contribution in [2.45, 2.75) is 4.90 Å². The molecule has 0 radical (unpaired) electrons. The number of methoxy groups -OCH3 is 3. The lowest BCUT2D eigenvalue weighted by Gasteiger charge is -2.13. The SMILES string of the molecule is COc1cc(C(=O)N/N=C\c2ccc(SC)cc2)cc(OC)c1OC. The van der Waals surface area contributed by atoms with E-state index >= 15 is 0 Å². The van der Waals surface area contributed by atoms with Crippen LogP contribution in [0.5, 0.6) is 17.2 Å². The maximum atomic E-state index is 12.3. The van der Waals surface area contributed by atoms with E-state index in [9.17, 15) is 4.79 Å². The van der Waals surface area contributed by atoms with Crippen molar-refractivity contribution in [3.05, 3.63) is 47.5 Å². The molecule has 0 bridgehead atoms. The zero-order chi connectivity index (χ0) is 18.2. The second-order valence-electron chi connectivity index (χ2n) is 4.89. The molecule has 132 valence electrons. The van der Waals surface area contributed by atoms with Gasteiger partial charge in [-0.15, -0.1) is 11.8 Å². The minimum absolute atomic E-state index is 0.351. The van der Waals surface area contributed by atoms with Crippen LogP contribution in [0.2, 0.25) is 0 Å². The number of amides is 1. The molecule has 0 saturated carbocycles. The van der Waals surface area contributed by atoms with Gasteiger partial charge in [-0.2, -0.15) is 5.10 Å². The number of hydrogen-bond donors (Lipinski definition) is 1. The predicted molar refractivity (Wildman–Crippen MR) is 99.4 cm³/mol. The molecule has 1 amide bonds. The lowest BCUT2D eigenvalue weighted by atomic mass is 10.1. The Balaban J connectivity index is 2.13. The van der Waals surface area contributed by atoms with Gasteiger partial charge in [-0.1, -0.05) is 12.1 Å². The fourth-order valence-corrected chi connectivity index (χ4v) is 2.54. The average Bonchev–Trinajstić information content (AvgIpc) is 2.67. The zero-order valence-electron chi connectivity index (χ0n) is 14.5. The van der Waals surface area contributed by atoms with Crippen molar-refractivity contribution >= 4 is 23.9 Å². The number of nitrogens with one attached hydrogen (secondary N) is 1. The molecule has 2 aromatic rings. The number of ether oxygens (including phenoxy) is 3. The van der Waals surface area contributed by atoms with Gasteiger partial charge in [0, 0.05) is 10.5 Å². The summed E-state index contributed by atoms with van der Waals surface area (Å²) in [4.78, 5) is 13.5. The Labute approximate surface area is 151 Å². The number of thioether (sulfide) groups is 1. The number of nitrogens with zero attached hydrogens (tertiary/aromatic N) is 1. The van der Waals surface area contributed by atoms with Crippen LogP contribution in [0, 0.1) is 0 Å². The molecule has 2 rings (SSSR count). The van der Waals surface area contributed by atoms with Gasteiger partial charge in [-0.25, -0.2) is 5.43 Å². The minimum atomic E-state index is -0.378. The Morgan fingerprint density at radius 1 is 1.04 bits per heavy atom. The monoisotopic (exact) mass is 360 g/mol. The molecule has 0 fully saturated rings. The third-order valence-corrected chi connectivity index (χ3v) is 4.17. The van der Waals surface area contributed by atoms with Crippen LogP contribution in [-0.2, 0) is 0 Å². The van der Waals surface area contributed by atoms with Crippen molar-refractivity contribution in [3.8, 4) is 17.2 Å². The van der Waals surface area contributed by atoms with E-state index in [1.165, 1.54) is 26.2 Å². The normalized spacial score (nSPS) is 10.6. The lowest BCUT2D eigenvalue weighted by molar-refractivity contribution is 0.0954. The quantitative estimate of drug-likeness (QED) is 0.466. The van der Waals surface area contributed by atoms with Crippen molar-refractivity contribution < 1.29 is 19.0 Å². The van der Waals surface area contributed by atoms with Gasteiger partial charge in [-0.05, 0) is 36.1 Å². The average molecular weight is 360 g/mol. The first-order chi connectivity index (χ1) is 12.1. The summed E-state index contributed by atoms with van der Waals surface area (Å²) in [7, 11) is 4.50. The molecule has 0 heterocycles. The first kappa shape index (κ1) is 18.7. The fraction of sp³-hybridized carbons (Fsp3) is 0.222. The smallest absolute Gasteiger partial charge is 0.271 e. The van der Waals surface area contributed by atoms with Crippen LogP contribution in [0.1, 0.15) is 15.9 Å². The van der Waals surface area contributed by atoms with Gasteiger partial charge >= 0.3 is 0 Å². The second-order valence-corrected chi connectivity index (χ2v) is 5.77. The van der Waals surface area contributed by atoms with Crippen LogP contribution in [0.15, 0.2) is 46.4 Å². The molecule has 0 aliphatic rings. The van der Waals surface area contributed by atoms with Crippen LogP contribution in [0.25, 0.3) is 0 Å². The maximum absolute atomic E-state index is 12.3. The molecule has 0 saturated heterocycles. The summed E-state index contributed by atoms with van der Waals surface area (Å²) in [5, 5.41) is 3.98. The third kappa shape index (κ3) is 4.67. The highest BCUT2D eigenvalue weighted by atomic mass is 32.2. The van der Waals surface area contributed by atoms with E-state index in [2.05, 4.69) is 10.5 Å². The number of rotatable bonds is 7. The van der Waals surface area contributed by atoms with Crippen LogP contribution < -0.4 is 19.6 Å². The molecule has 0 spiro atoms. The molecule has 0 atom stereocenters. The summed E-state index contributed by atoms with van der Waals surface area (Å²) in [5.41, 5.74) is 3.73. The summed E-state index contributed by atoms with van der Waals surface area (Å²) >= 11 is 1.67. The number of hydrazone groups is 1. The van der Waals surface area contributed by atoms with Gasteiger partial charge in [-0.3, -0.25) is 4.79 Å². The molecule has 25 heavy (non-hydrogen) atoms. The molecule has 0 aliphatic carbocycles. The Morgan fingerprint density at radius 3 is 2.12 bits per heavy atom. The van der Waals surface area contributed by atoms with Gasteiger partial charge in [0.05, 0.1) is 27.5 Å². The second kappa shape index (κ2) is 8.98. The number of benzene rings is 2. The summed E-state index contributed by atoms with van der Waals surface area (Å²) in [6.07, 6.45) is 3.60.